The fraction of sp³-hybridized carbons (Fsp3) is 0.607. The van der Waals surface area contributed by atoms with E-state index < -0.39 is 5.54 Å². The third kappa shape index (κ3) is 5.39. The molecule has 1 aliphatic heterocycles. The van der Waals surface area contributed by atoms with E-state index >= 15 is 0 Å². The lowest BCUT2D eigenvalue weighted by Gasteiger charge is -2.44. The van der Waals surface area contributed by atoms with Crippen LogP contribution >= 0.6 is 0 Å². The minimum absolute atomic E-state index is 0.0993. The van der Waals surface area contributed by atoms with E-state index in [1.54, 1.807) is 16.7 Å². The van der Waals surface area contributed by atoms with Gasteiger partial charge >= 0.3 is 0 Å². The highest BCUT2D eigenvalue weighted by Gasteiger charge is 2.48. The van der Waals surface area contributed by atoms with E-state index in [2.05, 4.69) is 26.1 Å². The van der Waals surface area contributed by atoms with E-state index in [4.69, 9.17) is 9.84 Å². The van der Waals surface area contributed by atoms with Gasteiger partial charge in [0.2, 0.25) is 5.91 Å². The Morgan fingerprint density at radius 1 is 1.14 bits per heavy atom. The topological polar surface area (TPSA) is 76.5 Å². The molecule has 1 aliphatic carbocycles. The maximum atomic E-state index is 13.9. The monoisotopic (exact) mass is 480 g/mol. The Labute approximate surface area is 209 Å². The van der Waals surface area contributed by atoms with Crippen LogP contribution in [-0.4, -0.2) is 45.2 Å². The quantitative estimate of drug-likeness (QED) is 0.665. The molecule has 1 saturated carbocycles. The van der Waals surface area contributed by atoms with Crippen LogP contribution in [0.3, 0.4) is 0 Å². The van der Waals surface area contributed by atoms with Crippen LogP contribution in [0.5, 0.6) is 5.75 Å². The number of carbonyl (C=O) groups excluding carboxylic acids is 2. The van der Waals surface area contributed by atoms with Crippen molar-refractivity contribution in [3.8, 4) is 5.75 Å². The van der Waals surface area contributed by atoms with Crippen LogP contribution in [0.2, 0.25) is 0 Å². The number of methoxy groups -OCH3 is 1. The molecular weight excluding hydrogens is 440 g/mol. The molecule has 0 spiro atoms. The predicted octanol–water partition coefficient (Wildman–Crippen LogP) is 4.83. The van der Waals surface area contributed by atoms with Gasteiger partial charge in [-0.3, -0.25) is 14.3 Å². The first-order valence-corrected chi connectivity index (χ1v) is 13.0. The first-order valence-electron chi connectivity index (χ1n) is 13.0. The first-order chi connectivity index (χ1) is 16.6. The summed E-state index contributed by atoms with van der Waals surface area (Å²) in [7, 11) is 1.63. The summed E-state index contributed by atoms with van der Waals surface area (Å²) in [5.74, 6) is 0.461. The second kappa shape index (κ2) is 10.0. The largest absolute Gasteiger partial charge is 0.497 e. The molecule has 1 atom stereocenters. The first kappa shape index (κ1) is 25.3. The van der Waals surface area contributed by atoms with Crippen LogP contribution in [0, 0.1) is 0 Å². The molecule has 0 unspecified atom stereocenters. The van der Waals surface area contributed by atoms with E-state index in [9.17, 15) is 9.59 Å². The molecule has 1 N–H and O–H groups in total. The van der Waals surface area contributed by atoms with Crippen LogP contribution < -0.4 is 10.1 Å². The molecule has 7 nitrogen and oxygen atoms in total. The minimum Gasteiger partial charge on any atom is -0.497 e. The van der Waals surface area contributed by atoms with Crippen LogP contribution in [0.4, 0.5) is 0 Å². The van der Waals surface area contributed by atoms with E-state index in [0.29, 0.717) is 18.8 Å². The highest BCUT2D eigenvalue weighted by atomic mass is 16.5. The second-order valence-electron chi connectivity index (χ2n) is 11.4. The van der Waals surface area contributed by atoms with Gasteiger partial charge in [-0.25, -0.2) is 0 Å². The maximum absolute atomic E-state index is 13.9. The zero-order valence-corrected chi connectivity index (χ0v) is 21.9. The van der Waals surface area contributed by atoms with Gasteiger partial charge in [-0.1, -0.05) is 65.0 Å². The fourth-order valence-corrected chi connectivity index (χ4v) is 5.15. The van der Waals surface area contributed by atoms with Crippen molar-refractivity contribution in [1.29, 1.82) is 0 Å². The Morgan fingerprint density at radius 2 is 1.83 bits per heavy atom. The van der Waals surface area contributed by atoms with Gasteiger partial charge in [0, 0.05) is 18.0 Å². The fourth-order valence-electron chi connectivity index (χ4n) is 5.15. The van der Waals surface area contributed by atoms with Crippen molar-refractivity contribution in [2.24, 2.45) is 0 Å². The normalized spacial score (nSPS) is 21.7. The summed E-state index contributed by atoms with van der Waals surface area (Å²) in [5.41, 5.74) is 1.06. The summed E-state index contributed by atoms with van der Waals surface area (Å²) in [4.78, 5) is 29.5. The van der Waals surface area contributed by atoms with Gasteiger partial charge in [-0.15, -0.1) is 0 Å². The number of amides is 2. The average molecular weight is 481 g/mol. The third-order valence-corrected chi connectivity index (χ3v) is 7.47. The summed E-state index contributed by atoms with van der Waals surface area (Å²) in [6.45, 7) is 8.78. The summed E-state index contributed by atoms with van der Waals surface area (Å²) >= 11 is 0. The van der Waals surface area contributed by atoms with Gasteiger partial charge in [-0.2, -0.15) is 5.10 Å². The van der Waals surface area contributed by atoms with Gasteiger partial charge in [0.05, 0.1) is 19.3 Å². The van der Waals surface area contributed by atoms with Crippen molar-refractivity contribution in [1.82, 2.24) is 20.0 Å². The molecule has 1 fully saturated rings. The highest BCUT2D eigenvalue weighted by molar-refractivity contribution is 5.99. The van der Waals surface area contributed by atoms with Gasteiger partial charge in [0.1, 0.15) is 17.0 Å². The van der Waals surface area contributed by atoms with E-state index in [-0.39, 0.29) is 23.3 Å². The van der Waals surface area contributed by atoms with Crippen LogP contribution in [-0.2, 0) is 23.3 Å². The summed E-state index contributed by atoms with van der Waals surface area (Å²) in [6.07, 6.45) is 7.96. The van der Waals surface area contributed by atoms with Crippen molar-refractivity contribution >= 4 is 11.8 Å². The number of aromatic nitrogens is 2. The molecular formula is C28H40N4O3. The van der Waals surface area contributed by atoms with Gasteiger partial charge in [-0.05, 0) is 43.5 Å². The highest BCUT2D eigenvalue weighted by Crippen LogP contribution is 2.32. The average Bonchev–Trinajstić information content (AvgIpc) is 3.23. The molecule has 2 aromatic rings. The zero-order valence-electron chi connectivity index (χ0n) is 21.9. The molecule has 2 heterocycles. The lowest BCUT2D eigenvalue weighted by atomic mass is 9.91. The third-order valence-electron chi connectivity index (χ3n) is 7.47. The molecule has 0 bridgehead atoms. The maximum Gasteiger partial charge on any atom is 0.273 e. The van der Waals surface area contributed by atoms with Crippen molar-refractivity contribution < 1.29 is 14.3 Å². The Hall–Kier alpha value is -2.83. The number of benzene rings is 1. The van der Waals surface area contributed by atoms with E-state index in [0.717, 1.165) is 42.7 Å². The molecule has 4 rings (SSSR count). The lowest BCUT2D eigenvalue weighted by molar-refractivity contribution is -0.134. The molecule has 35 heavy (non-hydrogen) atoms. The Balaban J connectivity index is 1.68. The lowest BCUT2D eigenvalue weighted by Crippen LogP contribution is -2.64. The summed E-state index contributed by atoms with van der Waals surface area (Å²) < 4.78 is 7.13. The number of fused-ring (bicyclic) bond motifs is 1. The molecule has 0 saturated heterocycles. The Morgan fingerprint density at radius 3 is 2.49 bits per heavy atom. The van der Waals surface area contributed by atoms with Gasteiger partial charge < -0.3 is 15.0 Å². The molecule has 190 valence electrons. The molecule has 7 heteroatoms. The molecule has 1 aromatic carbocycles. The smallest absolute Gasteiger partial charge is 0.273 e. The van der Waals surface area contributed by atoms with Gasteiger partial charge in [0.25, 0.3) is 5.91 Å². The van der Waals surface area contributed by atoms with Crippen molar-refractivity contribution in [2.45, 2.75) is 103 Å². The minimum atomic E-state index is -1.06. The second-order valence-corrected chi connectivity index (χ2v) is 11.4. The predicted molar refractivity (Wildman–Crippen MR) is 136 cm³/mol. The van der Waals surface area contributed by atoms with Crippen LogP contribution in [0.15, 0.2) is 30.3 Å². The molecule has 2 aliphatic rings. The summed E-state index contributed by atoms with van der Waals surface area (Å²) in [5, 5.41) is 8.09. The molecule has 1 aromatic heterocycles. The van der Waals surface area contributed by atoms with Crippen LogP contribution in [0.1, 0.15) is 94.4 Å². The SMILES string of the molecule is COc1cccc(CN2C(=O)c3cc(C(C)(C)C)nn3C[C@]2(C)C(=O)NC2CCCCCCC2)c1. The number of nitrogens with one attached hydrogen (secondary N) is 1. The van der Waals surface area contributed by atoms with E-state index in [1.165, 1.54) is 19.3 Å². The number of nitrogens with zero attached hydrogens (tertiary/aromatic N) is 3. The van der Waals surface area contributed by atoms with Crippen molar-refractivity contribution in [3.63, 3.8) is 0 Å². The number of hydrogen-bond acceptors (Lipinski definition) is 4. The Bertz CT molecular complexity index is 1060. The number of ether oxygens (including phenoxy) is 1. The van der Waals surface area contributed by atoms with Crippen molar-refractivity contribution in [3.05, 3.63) is 47.3 Å². The molecule has 2 amide bonds. The number of rotatable bonds is 5. The zero-order chi connectivity index (χ0) is 25.2. The van der Waals surface area contributed by atoms with E-state index in [1.807, 2.05) is 37.3 Å². The standard InChI is InChI=1S/C28H40N4O3/c1-27(2,3)24-17-23-25(33)31(18-20-12-11-15-22(16-20)35-5)28(4,19-32(23)30-24)26(34)29-21-13-9-7-6-8-10-14-21/h11-12,15-17,21H,6-10,13-14,18-19H2,1-5H3,(H,29,34)/t28-/m1/s1. The Kier molecular flexibility index (Phi) is 7.25. The van der Waals surface area contributed by atoms with Crippen molar-refractivity contribution in [2.75, 3.05) is 7.11 Å². The molecule has 0 radical (unpaired) electrons. The number of hydrogen-bond donors (Lipinski definition) is 1. The number of carbonyl (C=O) groups is 2. The summed E-state index contributed by atoms with van der Waals surface area (Å²) in [6, 6.07) is 9.72. The van der Waals surface area contributed by atoms with Crippen LogP contribution in [0.25, 0.3) is 0 Å². The van der Waals surface area contributed by atoms with Gasteiger partial charge in [0.15, 0.2) is 0 Å².